The van der Waals surface area contributed by atoms with Crippen molar-refractivity contribution >= 4 is 23.2 Å². The van der Waals surface area contributed by atoms with Crippen LogP contribution in [0.3, 0.4) is 0 Å². The first-order valence-electron chi connectivity index (χ1n) is 9.16. The van der Waals surface area contributed by atoms with Crippen molar-refractivity contribution < 1.29 is 18.4 Å². The summed E-state index contributed by atoms with van der Waals surface area (Å²) < 4.78 is 25.7. The zero-order valence-electron chi connectivity index (χ0n) is 16.9. The average molecular weight is 400 g/mol. The molecule has 2 N–H and O–H groups in total. The van der Waals surface area contributed by atoms with E-state index in [-0.39, 0.29) is 11.7 Å². The second-order valence-electron chi connectivity index (χ2n) is 6.45. The Morgan fingerprint density at radius 1 is 1.14 bits per heavy atom. The number of hydrogen-bond donors (Lipinski definition) is 2. The summed E-state index contributed by atoms with van der Waals surface area (Å²) >= 11 is 0. The van der Waals surface area contributed by atoms with Crippen LogP contribution >= 0.6 is 0 Å². The standard InChI is InChI=1S/C12H14FNO.C11H12FNO/c1-8(2)10-5-4-6-11(7-10)14-12(15)9(3)13;1-3-8-9(12)6-5-7-10(8)13-11(14)4-2/h4-8H,3H2,1-2H3,(H,14,15);4-7H,2-3H2,1H3,(H,13,14). The SMILES string of the molecule is C=C(F)C(=O)Nc1cccc(C(C)C)c1.C=CC(=O)Nc1cccc(F)c1CC. The van der Waals surface area contributed by atoms with Gasteiger partial charge in [0.2, 0.25) is 5.91 Å². The zero-order valence-corrected chi connectivity index (χ0v) is 16.9. The van der Waals surface area contributed by atoms with Gasteiger partial charge in [-0.05, 0) is 48.2 Å². The number of anilines is 2. The minimum Gasteiger partial charge on any atom is -0.322 e. The molecule has 0 unspecified atom stereocenters. The first-order valence-corrected chi connectivity index (χ1v) is 9.16. The molecule has 0 saturated carbocycles. The fourth-order valence-corrected chi connectivity index (χ4v) is 2.39. The smallest absolute Gasteiger partial charge is 0.283 e. The van der Waals surface area contributed by atoms with E-state index in [4.69, 9.17) is 0 Å². The van der Waals surface area contributed by atoms with Gasteiger partial charge in [0.1, 0.15) is 5.82 Å². The van der Waals surface area contributed by atoms with E-state index >= 15 is 0 Å². The molecule has 0 aliphatic carbocycles. The number of halogens is 2. The fraction of sp³-hybridized carbons (Fsp3) is 0.217. The van der Waals surface area contributed by atoms with Crippen molar-refractivity contribution in [2.45, 2.75) is 33.1 Å². The minimum atomic E-state index is -0.982. The Labute approximate surface area is 170 Å². The first kappa shape index (κ1) is 23.8. The molecule has 2 amide bonds. The summed E-state index contributed by atoms with van der Waals surface area (Å²) in [5, 5.41) is 4.98. The third-order valence-electron chi connectivity index (χ3n) is 3.97. The van der Waals surface area contributed by atoms with E-state index in [1.54, 1.807) is 18.2 Å². The predicted molar refractivity (Wildman–Crippen MR) is 114 cm³/mol. The third-order valence-corrected chi connectivity index (χ3v) is 3.97. The molecule has 6 heteroatoms. The molecule has 4 nitrogen and oxygen atoms in total. The average Bonchev–Trinajstić information content (AvgIpc) is 2.68. The van der Waals surface area contributed by atoms with Gasteiger partial charge in [0, 0.05) is 16.9 Å². The normalized spacial score (nSPS) is 9.86. The van der Waals surface area contributed by atoms with Gasteiger partial charge in [-0.15, -0.1) is 0 Å². The lowest BCUT2D eigenvalue weighted by atomic mass is 10.0. The van der Waals surface area contributed by atoms with E-state index in [0.717, 1.165) is 11.6 Å². The van der Waals surface area contributed by atoms with Crippen LogP contribution in [-0.4, -0.2) is 11.8 Å². The summed E-state index contributed by atoms with van der Waals surface area (Å²) in [5.41, 5.74) is 2.71. The molecule has 0 heterocycles. The highest BCUT2D eigenvalue weighted by atomic mass is 19.1. The fourth-order valence-electron chi connectivity index (χ4n) is 2.39. The monoisotopic (exact) mass is 400 g/mol. The van der Waals surface area contributed by atoms with Crippen molar-refractivity contribution in [3.8, 4) is 0 Å². The lowest BCUT2D eigenvalue weighted by molar-refractivity contribution is -0.114. The molecular formula is C23H26F2N2O2. The van der Waals surface area contributed by atoms with Gasteiger partial charge >= 0.3 is 0 Å². The predicted octanol–water partition coefficient (Wildman–Crippen LogP) is 5.74. The van der Waals surface area contributed by atoms with Crippen molar-refractivity contribution in [2.24, 2.45) is 0 Å². The Morgan fingerprint density at radius 2 is 1.79 bits per heavy atom. The van der Waals surface area contributed by atoms with Crippen molar-refractivity contribution in [3.05, 3.63) is 84.5 Å². The highest BCUT2D eigenvalue weighted by Crippen LogP contribution is 2.20. The number of carbonyl (C=O) groups is 2. The molecule has 154 valence electrons. The van der Waals surface area contributed by atoms with Gasteiger partial charge in [-0.3, -0.25) is 9.59 Å². The summed E-state index contributed by atoms with van der Waals surface area (Å²) in [5.74, 6) is -2.03. The number of rotatable bonds is 6. The molecule has 0 saturated heterocycles. The molecular weight excluding hydrogens is 374 g/mol. The molecule has 0 fully saturated rings. The van der Waals surface area contributed by atoms with Crippen LogP contribution in [0.1, 0.15) is 37.8 Å². The second kappa shape index (κ2) is 11.5. The molecule has 0 atom stereocenters. The molecule has 29 heavy (non-hydrogen) atoms. The van der Waals surface area contributed by atoms with Gasteiger partial charge in [-0.25, -0.2) is 8.78 Å². The van der Waals surface area contributed by atoms with Crippen LogP contribution < -0.4 is 10.6 Å². The molecule has 0 aromatic heterocycles. The van der Waals surface area contributed by atoms with Crippen LogP contribution in [-0.2, 0) is 16.0 Å². The van der Waals surface area contributed by atoms with Gasteiger partial charge in [0.25, 0.3) is 5.91 Å². The molecule has 2 rings (SSSR count). The largest absolute Gasteiger partial charge is 0.322 e. The maximum atomic E-state index is 13.2. The van der Waals surface area contributed by atoms with Gasteiger partial charge in [-0.1, -0.05) is 52.1 Å². The van der Waals surface area contributed by atoms with Crippen LogP contribution in [0.5, 0.6) is 0 Å². The molecule has 0 aliphatic rings. The molecule has 0 radical (unpaired) electrons. The van der Waals surface area contributed by atoms with Crippen LogP contribution in [0.4, 0.5) is 20.2 Å². The number of carbonyl (C=O) groups excluding carboxylic acids is 2. The van der Waals surface area contributed by atoms with Crippen LogP contribution in [0, 0.1) is 5.82 Å². The Hall–Kier alpha value is -3.28. The Bertz CT molecular complexity index is 892. The maximum Gasteiger partial charge on any atom is 0.283 e. The molecule has 0 spiro atoms. The number of nitrogens with one attached hydrogen (secondary N) is 2. The van der Waals surface area contributed by atoms with Crippen molar-refractivity contribution in [2.75, 3.05) is 10.6 Å². The Balaban J connectivity index is 0.000000291. The number of amides is 2. The van der Waals surface area contributed by atoms with E-state index in [1.165, 1.54) is 6.07 Å². The lowest BCUT2D eigenvalue weighted by Crippen LogP contribution is -2.11. The molecule has 2 aromatic rings. The van der Waals surface area contributed by atoms with Crippen molar-refractivity contribution in [1.82, 2.24) is 0 Å². The Kier molecular flexibility index (Phi) is 9.45. The maximum absolute atomic E-state index is 13.2. The van der Waals surface area contributed by atoms with Crippen molar-refractivity contribution in [3.63, 3.8) is 0 Å². The van der Waals surface area contributed by atoms with E-state index in [2.05, 4.69) is 37.6 Å². The molecule has 2 aromatic carbocycles. The van der Waals surface area contributed by atoms with Crippen LogP contribution in [0.25, 0.3) is 0 Å². The van der Waals surface area contributed by atoms with Gasteiger partial charge in [0.05, 0.1) is 0 Å². The zero-order chi connectivity index (χ0) is 22.0. The second-order valence-corrected chi connectivity index (χ2v) is 6.45. The number of hydrogen-bond acceptors (Lipinski definition) is 2. The van der Waals surface area contributed by atoms with E-state index < -0.39 is 11.7 Å². The molecule has 0 bridgehead atoms. The topological polar surface area (TPSA) is 58.2 Å². The first-order chi connectivity index (χ1) is 13.7. The number of benzene rings is 2. The summed E-state index contributed by atoms with van der Waals surface area (Å²) in [6.07, 6.45) is 1.70. The van der Waals surface area contributed by atoms with Crippen LogP contribution in [0.2, 0.25) is 0 Å². The highest BCUT2D eigenvalue weighted by Gasteiger charge is 2.08. The summed E-state index contributed by atoms with van der Waals surface area (Å²) in [7, 11) is 0. The van der Waals surface area contributed by atoms with E-state index in [9.17, 15) is 18.4 Å². The minimum absolute atomic E-state index is 0.297. The van der Waals surface area contributed by atoms with E-state index in [1.807, 2.05) is 25.1 Å². The van der Waals surface area contributed by atoms with Crippen molar-refractivity contribution in [1.29, 1.82) is 0 Å². The highest BCUT2D eigenvalue weighted by molar-refractivity contribution is 6.01. The summed E-state index contributed by atoms with van der Waals surface area (Å²) in [6, 6.07) is 11.9. The summed E-state index contributed by atoms with van der Waals surface area (Å²) in [4.78, 5) is 22.0. The Morgan fingerprint density at radius 3 is 2.34 bits per heavy atom. The molecule has 0 aliphatic heterocycles. The van der Waals surface area contributed by atoms with Gasteiger partial charge in [0.15, 0.2) is 5.83 Å². The quantitative estimate of drug-likeness (QED) is 0.607. The third kappa shape index (κ3) is 7.70. The van der Waals surface area contributed by atoms with Crippen LogP contribution in [0.15, 0.2) is 67.5 Å². The lowest BCUT2D eigenvalue weighted by Gasteiger charge is -2.08. The van der Waals surface area contributed by atoms with Gasteiger partial charge in [-0.2, -0.15) is 0 Å². The van der Waals surface area contributed by atoms with Gasteiger partial charge < -0.3 is 10.6 Å². The van der Waals surface area contributed by atoms with E-state index in [0.29, 0.717) is 29.3 Å². The summed E-state index contributed by atoms with van der Waals surface area (Å²) in [6.45, 7) is 12.2.